The van der Waals surface area contributed by atoms with E-state index in [2.05, 4.69) is 9.88 Å². The Kier molecular flexibility index (Phi) is 4.22. The second-order valence-electron chi connectivity index (χ2n) is 5.34. The molecule has 0 aromatic carbocycles. The lowest BCUT2D eigenvalue weighted by atomic mass is 10.0. The molecular weight excluding hydrogens is 252 g/mol. The SMILES string of the molecule is CC1(C)CN(Cc2ccc(Cl)nc2)CC(CO)O1. The minimum absolute atomic E-state index is 0.0544. The highest BCUT2D eigenvalue weighted by Gasteiger charge is 2.32. The minimum atomic E-state index is -0.231. The Bertz CT molecular complexity index is 394. The maximum Gasteiger partial charge on any atom is 0.129 e. The number of ether oxygens (including phenoxy) is 1. The van der Waals surface area contributed by atoms with Crippen LogP contribution in [0.1, 0.15) is 19.4 Å². The maximum absolute atomic E-state index is 9.26. The number of rotatable bonds is 3. The lowest BCUT2D eigenvalue weighted by Crippen LogP contribution is -2.53. The zero-order valence-corrected chi connectivity index (χ0v) is 11.5. The number of aliphatic hydroxyl groups is 1. The van der Waals surface area contributed by atoms with E-state index in [-0.39, 0.29) is 18.3 Å². The molecule has 4 nitrogen and oxygen atoms in total. The van der Waals surface area contributed by atoms with E-state index in [0.29, 0.717) is 5.15 Å². The van der Waals surface area contributed by atoms with Crippen LogP contribution < -0.4 is 0 Å². The van der Waals surface area contributed by atoms with Crippen LogP contribution in [-0.4, -0.2) is 46.4 Å². The molecule has 1 unspecified atom stereocenters. The number of aromatic nitrogens is 1. The van der Waals surface area contributed by atoms with Gasteiger partial charge in [-0.05, 0) is 25.5 Å². The Morgan fingerprint density at radius 2 is 2.33 bits per heavy atom. The van der Waals surface area contributed by atoms with E-state index >= 15 is 0 Å². The van der Waals surface area contributed by atoms with Crippen LogP contribution in [0.25, 0.3) is 0 Å². The van der Waals surface area contributed by atoms with E-state index in [9.17, 15) is 5.11 Å². The summed E-state index contributed by atoms with van der Waals surface area (Å²) in [6, 6.07) is 3.78. The third-order valence-corrected chi connectivity index (χ3v) is 3.17. The third kappa shape index (κ3) is 3.65. The van der Waals surface area contributed by atoms with Gasteiger partial charge >= 0.3 is 0 Å². The molecule has 0 saturated carbocycles. The Morgan fingerprint density at radius 3 is 2.94 bits per heavy atom. The molecule has 0 bridgehead atoms. The number of hydrogen-bond acceptors (Lipinski definition) is 4. The van der Waals surface area contributed by atoms with Gasteiger partial charge in [0.25, 0.3) is 0 Å². The fourth-order valence-electron chi connectivity index (χ4n) is 2.39. The first kappa shape index (κ1) is 13.7. The van der Waals surface area contributed by atoms with E-state index in [1.54, 1.807) is 12.3 Å². The predicted octanol–water partition coefficient (Wildman–Crippen LogP) is 1.71. The van der Waals surface area contributed by atoms with Crippen LogP contribution in [0, 0.1) is 0 Å². The molecular formula is C13H19ClN2O2. The number of halogens is 1. The van der Waals surface area contributed by atoms with Crippen molar-refractivity contribution in [3.63, 3.8) is 0 Å². The smallest absolute Gasteiger partial charge is 0.129 e. The third-order valence-electron chi connectivity index (χ3n) is 2.95. The summed E-state index contributed by atoms with van der Waals surface area (Å²) in [6.07, 6.45) is 1.67. The van der Waals surface area contributed by atoms with Crippen molar-refractivity contribution in [2.24, 2.45) is 0 Å². The molecule has 0 aliphatic carbocycles. The summed E-state index contributed by atoms with van der Waals surface area (Å²) in [4.78, 5) is 6.35. The van der Waals surface area contributed by atoms with Gasteiger partial charge < -0.3 is 9.84 Å². The van der Waals surface area contributed by atoms with Gasteiger partial charge in [0.15, 0.2) is 0 Å². The van der Waals surface area contributed by atoms with Gasteiger partial charge in [-0.1, -0.05) is 17.7 Å². The summed E-state index contributed by atoms with van der Waals surface area (Å²) in [5.74, 6) is 0. The van der Waals surface area contributed by atoms with Gasteiger partial charge in [0.05, 0.1) is 18.3 Å². The second kappa shape index (κ2) is 5.53. The zero-order chi connectivity index (χ0) is 13.2. The van der Waals surface area contributed by atoms with E-state index in [0.717, 1.165) is 25.2 Å². The first-order chi connectivity index (χ1) is 8.48. The summed E-state index contributed by atoms with van der Waals surface area (Å²) in [5.41, 5.74) is 0.889. The quantitative estimate of drug-likeness (QED) is 0.850. The van der Waals surface area contributed by atoms with Crippen LogP contribution in [0.3, 0.4) is 0 Å². The van der Waals surface area contributed by atoms with Crippen LogP contribution in [0.15, 0.2) is 18.3 Å². The largest absolute Gasteiger partial charge is 0.394 e. The molecule has 0 radical (unpaired) electrons. The van der Waals surface area contributed by atoms with E-state index in [1.807, 2.05) is 19.9 Å². The molecule has 5 heteroatoms. The Labute approximate surface area is 113 Å². The summed E-state index contributed by atoms with van der Waals surface area (Å²) in [6.45, 7) is 6.52. The van der Waals surface area contributed by atoms with Crippen LogP contribution in [0.4, 0.5) is 0 Å². The average Bonchev–Trinajstić information content (AvgIpc) is 2.30. The number of morpholine rings is 1. The zero-order valence-electron chi connectivity index (χ0n) is 10.8. The fourth-order valence-corrected chi connectivity index (χ4v) is 2.50. The fraction of sp³-hybridized carbons (Fsp3) is 0.615. The second-order valence-corrected chi connectivity index (χ2v) is 5.73. The van der Waals surface area contributed by atoms with E-state index < -0.39 is 0 Å². The lowest BCUT2D eigenvalue weighted by molar-refractivity contribution is -0.150. The number of hydrogen-bond donors (Lipinski definition) is 1. The summed E-state index contributed by atoms with van der Waals surface area (Å²) in [5, 5.41) is 9.77. The molecule has 1 aromatic rings. The van der Waals surface area contributed by atoms with Crippen molar-refractivity contribution in [1.29, 1.82) is 0 Å². The van der Waals surface area contributed by atoms with Crippen molar-refractivity contribution in [1.82, 2.24) is 9.88 Å². The average molecular weight is 271 g/mol. The van der Waals surface area contributed by atoms with Crippen molar-refractivity contribution in [3.8, 4) is 0 Å². The molecule has 1 aromatic heterocycles. The summed E-state index contributed by atoms with van der Waals surface area (Å²) >= 11 is 5.77. The molecule has 0 spiro atoms. The molecule has 1 aliphatic heterocycles. The Hall–Kier alpha value is -0.680. The molecule has 1 aliphatic rings. The lowest BCUT2D eigenvalue weighted by Gasteiger charge is -2.42. The van der Waals surface area contributed by atoms with Gasteiger partial charge in [-0.2, -0.15) is 0 Å². The minimum Gasteiger partial charge on any atom is -0.394 e. The van der Waals surface area contributed by atoms with Crippen LogP contribution >= 0.6 is 11.6 Å². The number of nitrogens with zero attached hydrogens (tertiary/aromatic N) is 2. The number of aliphatic hydroxyl groups excluding tert-OH is 1. The standard InChI is InChI=1S/C13H19ClN2O2/c1-13(2)9-16(7-11(8-17)18-13)6-10-3-4-12(14)15-5-10/h3-5,11,17H,6-9H2,1-2H3. The highest BCUT2D eigenvalue weighted by Crippen LogP contribution is 2.22. The van der Waals surface area contributed by atoms with Gasteiger partial charge in [-0.25, -0.2) is 4.98 Å². The predicted molar refractivity (Wildman–Crippen MR) is 70.6 cm³/mol. The molecule has 1 saturated heterocycles. The van der Waals surface area contributed by atoms with Gasteiger partial charge in [0, 0.05) is 25.8 Å². The molecule has 1 N–H and O–H groups in total. The molecule has 0 amide bonds. The molecule has 1 atom stereocenters. The highest BCUT2D eigenvalue weighted by molar-refractivity contribution is 6.29. The van der Waals surface area contributed by atoms with E-state index in [1.165, 1.54) is 0 Å². The molecule has 18 heavy (non-hydrogen) atoms. The maximum atomic E-state index is 9.26. The van der Waals surface area contributed by atoms with Gasteiger partial charge in [-0.15, -0.1) is 0 Å². The Balaban J connectivity index is 2.02. The van der Waals surface area contributed by atoms with Crippen molar-refractivity contribution in [2.75, 3.05) is 19.7 Å². The van der Waals surface area contributed by atoms with Crippen LogP contribution in [0.2, 0.25) is 5.15 Å². The first-order valence-corrected chi connectivity index (χ1v) is 6.48. The van der Waals surface area contributed by atoms with Gasteiger partial charge in [0.1, 0.15) is 5.15 Å². The van der Waals surface area contributed by atoms with E-state index in [4.69, 9.17) is 16.3 Å². The normalized spacial score (nSPS) is 24.1. The van der Waals surface area contributed by atoms with Gasteiger partial charge in [0.2, 0.25) is 0 Å². The van der Waals surface area contributed by atoms with Crippen LogP contribution in [0.5, 0.6) is 0 Å². The van der Waals surface area contributed by atoms with Crippen molar-refractivity contribution < 1.29 is 9.84 Å². The monoisotopic (exact) mass is 270 g/mol. The molecule has 2 rings (SSSR count). The van der Waals surface area contributed by atoms with Crippen molar-refractivity contribution in [3.05, 3.63) is 29.0 Å². The van der Waals surface area contributed by atoms with Crippen LogP contribution in [-0.2, 0) is 11.3 Å². The first-order valence-electron chi connectivity index (χ1n) is 6.10. The molecule has 100 valence electrons. The highest BCUT2D eigenvalue weighted by atomic mass is 35.5. The van der Waals surface area contributed by atoms with Crippen molar-refractivity contribution >= 4 is 11.6 Å². The number of pyridine rings is 1. The Morgan fingerprint density at radius 1 is 1.56 bits per heavy atom. The summed E-state index contributed by atoms with van der Waals surface area (Å²) in [7, 11) is 0. The van der Waals surface area contributed by atoms with Gasteiger partial charge in [-0.3, -0.25) is 4.90 Å². The summed E-state index contributed by atoms with van der Waals surface area (Å²) < 4.78 is 5.78. The molecule has 2 heterocycles. The molecule has 1 fully saturated rings. The topological polar surface area (TPSA) is 45.6 Å². The van der Waals surface area contributed by atoms with Crippen molar-refractivity contribution in [2.45, 2.75) is 32.1 Å².